The number of rotatable bonds is 5. The quantitative estimate of drug-likeness (QED) is 0.761. The third kappa shape index (κ3) is 3.53. The van der Waals surface area contributed by atoms with Crippen LogP contribution in [0.25, 0.3) is 0 Å². The first-order valence-electron chi connectivity index (χ1n) is 7.79. The van der Waals surface area contributed by atoms with Gasteiger partial charge in [-0.1, -0.05) is 23.7 Å². The summed E-state index contributed by atoms with van der Waals surface area (Å²) in [6.45, 7) is 0.844. The summed E-state index contributed by atoms with van der Waals surface area (Å²) in [5.41, 5.74) is 12.8. The number of benzene rings is 1. The second kappa shape index (κ2) is 7.21. The summed E-state index contributed by atoms with van der Waals surface area (Å²) >= 11 is 5.84. The van der Waals surface area contributed by atoms with Crippen LogP contribution in [-0.2, 0) is 11.3 Å². The van der Waals surface area contributed by atoms with Gasteiger partial charge in [-0.3, -0.25) is 9.36 Å². The molecule has 2 aromatic rings. The molecule has 1 amide bonds. The fraction of sp³-hybridized carbons (Fsp3) is 0.375. The fourth-order valence-electron chi connectivity index (χ4n) is 2.71. The lowest BCUT2D eigenvalue weighted by molar-refractivity contribution is 0.00779. The molecule has 0 aliphatic carbocycles. The van der Waals surface area contributed by atoms with Crippen molar-refractivity contribution in [1.82, 2.24) is 14.9 Å². The Bertz CT molecular complexity index is 716. The van der Waals surface area contributed by atoms with Gasteiger partial charge in [-0.2, -0.15) is 0 Å². The van der Waals surface area contributed by atoms with E-state index in [9.17, 15) is 4.79 Å². The first-order chi connectivity index (χ1) is 11.6. The van der Waals surface area contributed by atoms with Crippen molar-refractivity contribution in [3.05, 3.63) is 46.9 Å². The second-order valence-corrected chi connectivity index (χ2v) is 6.16. The van der Waals surface area contributed by atoms with Gasteiger partial charge in [0.25, 0.3) is 5.91 Å². The predicted molar refractivity (Wildman–Crippen MR) is 91.5 cm³/mol. The zero-order valence-electron chi connectivity index (χ0n) is 13.1. The number of carbonyl (C=O) groups is 1. The average Bonchev–Trinajstić information content (AvgIpc) is 3.20. The number of ether oxygens (including phenoxy) is 1. The number of nitrogens with two attached hydrogens (primary N) is 2. The minimum atomic E-state index is -0.324. The number of hydrogen-bond acceptors (Lipinski definition) is 5. The van der Waals surface area contributed by atoms with Crippen LogP contribution in [0.5, 0.6) is 0 Å². The number of halogens is 1. The maximum atomic E-state index is 12.3. The van der Waals surface area contributed by atoms with E-state index in [0.717, 1.165) is 18.4 Å². The van der Waals surface area contributed by atoms with Crippen molar-refractivity contribution >= 4 is 23.3 Å². The Morgan fingerprint density at radius 1 is 1.38 bits per heavy atom. The molecule has 0 radical (unpaired) electrons. The minimum absolute atomic E-state index is 0.0268. The molecule has 128 valence electrons. The van der Waals surface area contributed by atoms with E-state index in [1.54, 1.807) is 16.7 Å². The number of imidazole rings is 1. The summed E-state index contributed by atoms with van der Waals surface area (Å²) in [4.78, 5) is 16.4. The standard InChI is InChI=1S/C16H20ClN5O2/c17-11-3-1-10(2-4-11)8-20-16(23)14-15(19)22(9-21-14)13-6-5-12(7-18)24-13/h1-4,9,12-13H,5-8,18-19H2,(H,20,23)/t12-,13+/m0/s1. The summed E-state index contributed by atoms with van der Waals surface area (Å²) in [6, 6.07) is 7.25. The van der Waals surface area contributed by atoms with E-state index >= 15 is 0 Å². The third-order valence-corrected chi connectivity index (χ3v) is 4.32. The van der Waals surface area contributed by atoms with Crippen LogP contribution in [0.2, 0.25) is 5.02 Å². The molecule has 1 aliphatic heterocycles. The van der Waals surface area contributed by atoms with E-state index in [1.165, 1.54) is 6.33 Å². The molecule has 8 heteroatoms. The van der Waals surface area contributed by atoms with Gasteiger partial charge in [-0.05, 0) is 30.5 Å². The molecule has 5 N–H and O–H groups in total. The van der Waals surface area contributed by atoms with Gasteiger partial charge in [-0.25, -0.2) is 4.98 Å². The van der Waals surface area contributed by atoms with Gasteiger partial charge in [0, 0.05) is 18.1 Å². The zero-order valence-corrected chi connectivity index (χ0v) is 13.9. The number of nitrogens with zero attached hydrogens (tertiary/aromatic N) is 2. The zero-order chi connectivity index (χ0) is 17.1. The molecule has 0 bridgehead atoms. The van der Waals surface area contributed by atoms with Gasteiger partial charge in [0.05, 0.1) is 12.4 Å². The normalized spacial score (nSPS) is 20.2. The van der Waals surface area contributed by atoms with Crippen molar-refractivity contribution in [2.75, 3.05) is 12.3 Å². The first-order valence-corrected chi connectivity index (χ1v) is 8.16. The van der Waals surface area contributed by atoms with Crippen LogP contribution >= 0.6 is 11.6 Å². The molecule has 1 aromatic carbocycles. The molecular formula is C16H20ClN5O2. The molecule has 3 rings (SSSR count). The minimum Gasteiger partial charge on any atom is -0.383 e. The molecule has 1 fully saturated rings. The van der Waals surface area contributed by atoms with Crippen LogP contribution < -0.4 is 16.8 Å². The fourth-order valence-corrected chi connectivity index (χ4v) is 2.83. The molecule has 0 saturated carbocycles. The maximum absolute atomic E-state index is 12.3. The molecule has 2 atom stereocenters. The van der Waals surface area contributed by atoms with E-state index in [0.29, 0.717) is 23.9 Å². The number of hydrogen-bond donors (Lipinski definition) is 3. The molecule has 2 heterocycles. The van der Waals surface area contributed by atoms with Crippen molar-refractivity contribution in [3.8, 4) is 0 Å². The number of aromatic nitrogens is 2. The number of anilines is 1. The average molecular weight is 350 g/mol. The highest BCUT2D eigenvalue weighted by atomic mass is 35.5. The number of amides is 1. The molecule has 7 nitrogen and oxygen atoms in total. The lowest BCUT2D eigenvalue weighted by Gasteiger charge is -2.15. The van der Waals surface area contributed by atoms with Crippen molar-refractivity contribution in [2.45, 2.75) is 31.7 Å². The van der Waals surface area contributed by atoms with E-state index in [1.807, 2.05) is 12.1 Å². The van der Waals surface area contributed by atoms with Gasteiger partial charge in [0.1, 0.15) is 12.0 Å². The van der Waals surface area contributed by atoms with Gasteiger partial charge >= 0.3 is 0 Å². The lowest BCUT2D eigenvalue weighted by Crippen LogP contribution is -2.24. The summed E-state index contributed by atoms with van der Waals surface area (Å²) in [7, 11) is 0. The molecule has 24 heavy (non-hydrogen) atoms. The van der Waals surface area contributed by atoms with Gasteiger partial charge in [0.15, 0.2) is 5.69 Å². The maximum Gasteiger partial charge on any atom is 0.273 e. The predicted octanol–water partition coefficient (Wildman–Crippen LogP) is 1.68. The topological polar surface area (TPSA) is 108 Å². The highest BCUT2D eigenvalue weighted by molar-refractivity contribution is 6.30. The lowest BCUT2D eigenvalue weighted by atomic mass is 10.2. The van der Waals surface area contributed by atoms with Gasteiger partial charge in [-0.15, -0.1) is 0 Å². The van der Waals surface area contributed by atoms with Gasteiger partial charge < -0.3 is 21.5 Å². The van der Waals surface area contributed by atoms with Crippen LogP contribution in [0.15, 0.2) is 30.6 Å². The van der Waals surface area contributed by atoms with Crippen LogP contribution in [0.1, 0.15) is 35.1 Å². The second-order valence-electron chi connectivity index (χ2n) is 5.72. The summed E-state index contributed by atoms with van der Waals surface area (Å²) in [6.07, 6.45) is 3.02. The smallest absolute Gasteiger partial charge is 0.273 e. The highest BCUT2D eigenvalue weighted by Crippen LogP contribution is 2.30. The molecule has 0 spiro atoms. The summed E-state index contributed by atoms with van der Waals surface area (Å²) in [5.74, 6) is -0.0270. The van der Waals surface area contributed by atoms with Crippen molar-refractivity contribution < 1.29 is 9.53 Å². The summed E-state index contributed by atoms with van der Waals surface area (Å²) in [5, 5.41) is 3.45. The molecule has 0 unspecified atom stereocenters. The highest BCUT2D eigenvalue weighted by Gasteiger charge is 2.28. The Balaban J connectivity index is 1.64. The monoisotopic (exact) mass is 349 g/mol. The Morgan fingerprint density at radius 2 is 2.12 bits per heavy atom. The van der Waals surface area contributed by atoms with E-state index in [-0.39, 0.29) is 23.9 Å². The van der Waals surface area contributed by atoms with Crippen molar-refractivity contribution in [2.24, 2.45) is 5.73 Å². The van der Waals surface area contributed by atoms with E-state index < -0.39 is 0 Å². The van der Waals surface area contributed by atoms with Crippen LogP contribution in [-0.4, -0.2) is 28.1 Å². The van der Waals surface area contributed by atoms with Crippen LogP contribution in [0, 0.1) is 0 Å². The largest absolute Gasteiger partial charge is 0.383 e. The van der Waals surface area contributed by atoms with Crippen LogP contribution in [0.3, 0.4) is 0 Å². The van der Waals surface area contributed by atoms with Gasteiger partial charge in [0.2, 0.25) is 0 Å². The molecular weight excluding hydrogens is 330 g/mol. The number of nitrogens with one attached hydrogen (secondary N) is 1. The Kier molecular flexibility index (Phi) is 5.03. The molecule has 1 aromatic heterocycles. The number of carbonyl (C=O) groups excluding carboxylic acids is 1. The molecule has 1 saturated heterocycles. The van der Waals surface area contributed by atoms with Crippen LogP contribution in [0.4, 0.5) is 5.82 Å². The number of nitrogen functional groups attached to an aromatic ring is 1. The van der Waals surface area contributed by atoms with Crippen molar-refractivity contribution in [3.63, 3.8) is 0 Å². The third-order valence-electron chi connectivity index (χ3n) is 4.07. The molecule has 1 aliphatic rings. The Morgan fingerprint density at radius 3 is 2.79 bits per heavy atom. The SMILES string of the molecule is NC[C@@H]1CC[C@H](n2cnc(C(=O)NCc3ccc(Cl)cc3)c2N)O1. The Hall–Kier alpha value is -2.09. The summed E-state index contributed by atoms with van der Waals surface area (Å²) < 4.78 is 7.47. The first kappa shape index (κ1) is 16.8. The van der Waals surface area contributed by atoms with E-state index in [4.69, 9.17) is 27.8 Å². The van der Waals surface area contributed by atoms with Crippen molar-refractivity contribution in [1.29, 1.82) is 0 Å². The van der Waals surface area contributed by atoms with E-state index in [2.05, 4.69) is 10.3 Å². The Labute approximate surface area is 144 Å².